The number of aromatic nitrogens is 1. The average molecular weight is 655 g/mol. The maximum absolute atomic E-state index is 10.0. The van der Waals surface area contributed by atoms with E-state index in [1.165, 1.54) is 116 Å². The lowest BCUT2D eigenvalue weighted by atomic mass is 9.98. The fourth-order valence-corrected chi connectivity index (χ4v) is 6.16. The molecule has 0 aliphatic carbocycles. The van der Waals surface area contributed by atoms with Crippen molar-refractivity contribution in [2.45, 2.75) is 142 Å². The molecule has 5 nitrogen and oxygen atoms in total. The maximum Gasteiger partial charge on any atom is 0.232 e. The van der Waals surface area contributed by atoms with Gasteiger partial charge in [-0.1, -0.05) is 142 Å². The van der Waals surface area contributed by atoms with Gasteiger partial charge in [0.05, 0.1) is 26.0 Å². The summed E-state index contributed by atoms with van der Waals surface area (Å²) in [6.45, 7) is 6.00. The highest BCUT2D eigenvalue weighted by atomic mass is 16.5. The zero-order valence-electron chi connectivity index (χ0n) is 30.4. The van der Waals surface area contributed by atoms with E-state index >= 15 is 0 Å². The van der Waals surface area contributed by atoms with E-state index in [4.69, 9.17) is 14.2 Å². The largest absolute Gasteiger partial charge is 0.494 e. The van der Waals surface area contributed by atoms with Gasteiger partial charge >= 0.3 is 0 Å². The van der Waals surface area contributed by atoms with Crippen LogP contribution in [0.15, 0.2) is 54.6 Å². The van der Waals surface area contributed by atoms with E-state index in [1.54, 1.807) is 7.11 Å². The molecule has 0 aliphatic heterocycles. The van der Waals surface area contributed by atoms with Crippen LogP contribution in [0, 0.1) is 11.3 Å². The molecule has 5 heteroatoms. The molecule has 3 rings (SSSR count). The van der Waals surface area contributed by atoms with Crippen molar-refractivity contribution in [1.82, 2.24) is 4.98 Å². The molecule has 0 saturated carbocycles. The standard InChI is InChI=1S/C43H62N2O3/c1-4-6-8-10-12-14-16-18-20-22-32-47-38-28-24-36(25-29-38)40-34-42(45-43(46-3)41(40)35-44)37-26-30-39(31-27-37)48-33-23-21-19-17-15-13-11-9-7-5-2/h24-31,34H,4-23,32-33H2,1-3H3. The maximum atomic E-state index is 10.0. The Morgan fingerprint density at radius 1 is 0.542 bits per heavy atom. The van der Waals surface area contributed by atoms with Crippen LogP contribution in [-0.2, 0) is 0 Å². The van der Waals surface area contributed by atoms with Gasteiger partial charge in [-0.2, -0.15) is 5.26 Å². The van der Waals surface area contributed by atoms with Crippen molar-refractivity contribution in [1.29, 1.82) is 5.26 Å². The van der Waals surface area contributed by atoms with E-state index in [2.05, 4.69) is 24.9 Å². The minimum atomic E-state index is 0.326. The third kappa shape index (κ3) is 14.7. The fraction of sp³-hybridized carbons (Fsp3) is 0.581. The summed E-state index contributed by atoms with van der Waals surface area (Å²) in [7, 11) is 1.56. The predicted octanol–water partition coefficient (Wildman–Crippen LogP) is 12.9. The normalized spacial score (nSPS) is 11.0. The Labute approximate surface area is 292 Å². The van der Waals surface area contributed by atoms with Crippen molar-refractivity contribution >= 4 is 0 Å². The van der Waals surface area contributed by atoms with Crippen molar-refractivity contribution in [3.8, 4) is 45.8 Å². The molecule has 262 valence electrons. The van der Waals surface area contributed by atoms with Crippen LogP contribution in [0.2, 0.25) is 0 Å². The quantitative estimate of drug-likeness (QED) is 0.0765. The molecule has 1 heterocycles. The van der Waals surface area contributed by atoms with Crippen molar-refractivity contribution in [2.75, 3.05) is 20.3 Å². The number of benzene rings is 2. The number of unbranched alkanes of at least 4 members (excludes halogenated alkanes) is 18. The SMILES string of the molecule is CCCCCCCCCCCCOc1ccc(-c2cc(-c3ccc(OCCCCCCCCCCCC)cc3)c(C#N)c(OC)n2)cc1. The van der Waals surface area contributed by atoms with Crippen LogP contribution >= 0.6 is 0 Å². The third-order valence-electron chi connectivity index (χ3n) is 9.14. The predicted molar refractivity (Wildman–Crippen MR) is 201 cm³/mol. The van der Waals surface area contributed by atoms with Gasteiger partial charge in [-0.25, -0.2) is 4.98 Å². The first-order chi connectivity index (χ1) is 23.7. The van der Waals surface area contributed by atoms with Crippen LogP contribution in [-0.4, -0.2) is 25.3 Å². The summed E-state index contributed by atoms with van der Waals surface area (Å²) in [6.07, 6.45) is 26.2. The number of hydrogen-bond donors (Lipinski definition) is 0. The number of nitriles is 1. The molecule has 0 radical (unpaired) electrons. The van der Waals surface area contributed by atoms with Gasteiger partial charge < -0.3 is 14.2 Å². The van der Waals surface area contributed by atoms with Crippen molar-refractivity contribution in [3.05, 3.63) is 60.2 Å². The van der Waals surface area contributed by atoms with Crippen molar-refractivity contribution in [2.24, 2.45) is 0 Å². The van der Waals surface area contributed by atoms with Crippen molar-refractivity contribution < 1.29 is 14.2 Å². The topological polar surface area (TPSA) is 64.4 Å². The molecule has 0 aliphatic rings. The summed E-state index contributed by atoms with van der Waals surface area (Å²) in [6, 6.07) is 20.3. The molecule has 0 unspecified atom stereocenters. The van der Waals surface area contributed by atoms with Gasteiger partial charge in [-0.05, 0) is 60.9 Å². The summed E-state index contributed by atoms with van der Waals surface area (Å²) in [4.78, 5) is 4.68. The van der Waals surface area contributed by atoms with Gasteiger partial charge in [-0.3, -0.25) is 0 Å². The molecule has 0 atom stereocenters. The van der Waals surface area contributed by atoms with Gasteiger partial charge in [-0.15, -0.1) is 0 Å². The van der Waals surface area contributed by atoms with E-state index in [0.29, 0.717) is 11.4 Å². The molecule has 48 heavy (non-hydrogen) atoms. The summed E-state index contributed by atoms with van der Waals surface area (Å²) in [5, 5.41) is 10.0. The first-order valence-corrected chi connectivity index (χ1v) is 19.2. The average Bonchev–Trinajstić information content (AvgIpc) is 3.12. The Hall–Kier alpha value is -3.52. The Kier molecular flexibility index (Phi) is 19.9. The zero-order chi connectivity index (χ0) is 34.1. The third-order valence-corrected chi connectivity index (χ3v) is 9.14. The number of methoxy groups -OCH3 is 1. The molecular formula is C43H62N2O3. The van der Waals surface area contributed by atoms with E-state index in [-0.39, 0.29) is 0 Å². The molecule has 0 bridgehead atoms. The van der Waals surface area contributed by atoms with Gasteiger partial charge in [0.2, 0.25) is 5.88 Å². The van der Waals surface area contributed by atoms with Crippen LogP contribution in [0.25, 0.3) is 22.4 Å². The smallest absolute Gasteiger partial charge is 0.232 e. The summed E-state index contributed by atoms with van der Waals surface area (Å²) in [5.41, 5.74) is 3.85. The first-order valence-electron chi connectivity index (χ1n) is 19.2. The highest BCUT2D eigenvalue weighted by molar-refractivity contribution is 5.78. The monoisotopic (exact) mass is 654 g/mol. The fourth-order valence-electron chi connectivity index (χ4n) is 6.16. The molecular weight excluding hydrogens is 592 g/mol. The second-order valence-corrected chi connectivity index (χ2v) is 13.2. The number of pyridine rings is 1. The Morgan fingerprint density at radius 3 is 1.33 bits per heavy atom. The van der Waals surface area contributed by atoms with E-state index in [9.17, 15) is 5.26 Å². The first kappa shape index (κ1) is 38.9. The second kappa shape index (κ2) is 24.6. The lowest BCUT2D eigenvalue weighted by molar-refractivity contribution is 0.304. The van der Waals surface area contributed by atoms with Crippen LogP contribution in [0.5, 0.6) is 17.4 Å². The van der Waals surface area contributed by atoms with E-state index in [0.717, 1.165) is 59.9 Å². The number of hydrogen-bond acceptors (Lipinski definition) is 5. The Balaban J connectivity index is 1.46. The van der Waals surface area contributed by atoms with Crippen LogP contribution < -0.4 is 14.2 Å². The number of rotatable bonds is 27. The highest BCUT2D eigenvalue weighted by Crippen LogP contribution is 2.34. The molecule has 0 saturated heterocycles. The van der Waals surface area contributed by atoms with Gasteiger partial charge in [0, 0.05) is 11.1 Å². The number of nitrogens with zero attached hydrogens (tertiary/aromatic N) is 2. The van der Waals surface area contributed by atoms with E-state index < -0.39 is 0 Å². The van der Waals surface area contributed by atoms with Gasteiger partial charge in [0.1, 0.15) is 23.1 Å². The lowest BCUT2D eigenvalue weighted by Gasteiger charge is -2.13. The molecule has 1 aromatic heterocycles. The van der Waals surface area contributed by atoms with Crippen LogP contribution in [0.4, 0.5) is 0 Å². The molecule has 0 spiro atoms. The van der Waals surface area contributed by atoms with Gasteiger partial charge in [0.25, 0.3) is 0 Å². The van der Waals surface area contributed by atoms with Gasteiger partial charge in [0.15, 0.2) is 0 Å². The summed E-state index contributed by atoms with van der Waals surface area (Å²) < 4.78 is 17.6. The van der Waals surface area contributed by atoms with Crippen molar-refractivity contribution in [3.63, 3.8) is 0 Å². The van der Waals surface area contributed by atoms with E-state index in [1.807, 2.05) is 54.6 Å². The zero-order valence-corrected chi connectivity index (χ0v) is 30.4. The Morgan fingerprint density at radius 2 is 0.938 bits per heavy atom. The van der Waals surface area contributed by atoms with Crippen LogP contribution in [0.1, 0.15) is 148 Å². The summed E-state index contributed by atoms with van der Waals surface area (Å²) in [5.74, 6) is 2.04. The second-order valence-electron chi connectivity index (χ2n) is 13.2. The minimum Gasteiger partial charge on any atom is -0.494 e. The Bertz CT molecular complexity index is 1300. The number of ether oxygens (including phenoxy) is 3. The molecule has 3 aromatic rings. The minimum absolute atomic E-state index is 0.326. The molecule has 2 aromatic carbocycles. The summed E-state index contributed by atoms with van der Waals surface area (Å²) >= 11 is 0. The highest BCUT2D eigenvalue weighted by Gasteiger charge is 2.16. The van der Waals surface area contributed by atoms with Crippen LogP contribution in [0.3, 0.4) is 0 Å². The molecule has 0 fully saturated rings. The molecule has 0 amide bonds. The molecule has 0 N–H and O–H groups in total. The lowest BCUT2D eigenvalue weighted by Crippen LogP contribution is -1.99.